The zero-order chi connectivity index (χ0) is 14.4. The molecule has 1 fully saturated rings. The largest absolute Gasteiger partial charge is 0.469 e. The van der Waals surface area contributed by atoms with Crippen molar-refractivity contribution in [2.24, 2.45) is 0 Å². The number of ether oxygens (including phenoxy) is 1. The van der Waals surface area contributed by atoms with Crippen molar-refractivity contribution in [3.63, 3.8) is 0 Å². The highest BCUT2D eigenvalue weighted by Crippen LogP contribution is 2.27. The van der Waals surface area contributed by atoms with Gasteiger partial charge in [0.1, 0.15) is 5.54 Å². The molecule has 0 aromatic carbocycles. The van der Waals surface area contributed by atoms with Crippen molar-refractivity contribution in [1.82, 2.24) is 20.4 Å². The van der Waals surface area contributed by atoms with Crippen molar-refractivity contribution >= 4 is 11.9 Å². The van der Waals surface area contributed by atoms with E-state index >= 15 is 0 Å². The molecule has 0 atom stereocenters. The molecule has 0 unspecified atom stereocenters. The number of rotatable bonds is 5. The van der Waals surface area contributed by atoms with Gasteiger partial charge in [-0.15, -0.1) is 0 Å². The number of hydrogen-bond donors (Lipinski definition) is 2. The van der Waals surface area contributed by atoms with E-state index in [1.807, 2.05) is 12.3 Å². The van der Waals surface area contributed by atoms with Gasteiger partial charge in [0, 0.05) is 18.9 Å². The highest BCUT2D eigenvalue weighted by atomic mass is 16.5. The highest BCUT2D eigenvalue weighted by molar-refractivity contribution is 5.85. The number of carbonyl (C=O) groups excluding carboxylic acids is 2. The molecule has 1 amide bonds. The predicted octanol–water partition coefficient (Wildman–Crippen LogP) is -0.359. The number of methoxy groups -OCH3 is 1. The molecule has 1 aliphatic rings. The van der Waals surface area contributed by atoms with E-state index < -0.39 is 5.54 Å². The van der Waals surface area contributed by atoms with E-state index in [4.69, 9.17) is 0 Å². The molecule has 7 heteroatoms. The van der Waals surface area contributed by atoms with Gasteiger partial charge in [0.05, 0.1) is 13.5 Å². The van der Waals surface area contributed by atoms with E-state index in [-0.39, 0.29) is 24.8 Å². The minimum Gasteiger partial charge on any atom is -0.469 e. The van der Waals surface area contributed by atoms with Crippen LogP contribution in [0.4, 0.5) is 0 Å². The van der Waals surface area contributed by atoms with Crippen molar-refractivity contribution in [2.75, 3.05) is 26.7 Å². The quantitative estimate of drug-likeness (QED) is 0.720. The second-order valence-electron chi connectivity index (χ2n) is 4.81. The van der Waals surface area contributed by atoms with Gasteiger partial charge in [0.15, 0.2) is 0 Å². The molecule has 110 valence electrons. The van der Waals surface area contributed by atoms with Crippen molar-refractivity contribution in [1.29, 1.82) is 0 Å². The van der Waals surface area contributed by atoms with Crippen molar-refractivity contribution in [3.8, 4) is 0 Å². The topological polar surface area (TPSA) is 85.2 Å². The van der Waals surface area contributed by atoms with E-state index in [9.17, 15) is 9.59 Å². The molecule has 0 aliphatic carbocycles. The monoisotopic (exact) mass is 280 g/mol. The smallest absolute Gasteiger partial charge is 0.307 e. The van der Waals surface area contributed by atoms with Crippen LogP contribution in [-0.2, 0) is 19.9 Å². The van der Waals surface area contributed by atoms with Gasteiger partial charge in [-0.3, -0.25) is 14.3 Å². The molecule has 0 spiro atoms. The second kappa shape index (κ2) is 6.51. The van der Waals surface area contributed by atoms with Crippen LogP contribution in [0.2, 0.25) is 0 Å². The number of amides is 1. The molecule has 0 radical (unpaired) electrons. The Labute approximate surface area is 117 Å². The maximum absolute atomic E-state index is 12.5. The summed E-state index contributed by atoms with van der Waals surface area (Å²) >= 11 is 0. The zero-order valence-electron chi connectivity index (χ0n) is 11.6. The Kier molecular flexibility index (Phi) is 4.73. The molecule has 2 heterocycles. The van der Waals surface area contributed by atoms with Gasteiger partial charge >= 0.3 is 5.97 Å². The summed E-state index contributed by atoms with van der Waals surface area (Å²) in [5, 5.41) is 10.3. The second-order valence-corrected chi connectivity index (χ2v) is 4.81. The van der Waals surface area contributed by atoms with Crippen molar-refractivity contribution in [3.05, 3.63) is 18.5 Å². The molecule has 0 bridgehead atoms. The van der Waals surface area contributed by atoms with Gasteiger partial charge < -0.3 is 15.4 Å². The van der Waals surface area contributed by atoms with Crippen LogP contribution in [-0.4, -0.2) is 48.4 Å². The van der Waals surface area contributed by atoms with E-state index in [1.165, 1.54) is 7.11 Å². The lowest BCUT2D eigenvalue weighted by molar-refractivity contribution is -0.140. The first kappa shape index (κ1) is 14.5. The maximum Gasteiger partial charge on any atom is 0.307 e. The van der Waals surface area contributed by atoms with E-state index in [2.05, 4.69) is 20.5 Å². The third-order valence-corrected chi connectivity index (χ3v) is 3.64. The van der Waals surface area contributed by atoms with Gasteiger partial charge in [0.2, 0.25) is 5.91 Å². The number of nitrogens with zero attached hydrogens (tertiary/aromatic N) is 2. The Morgan fingerprint density at radius 1 is 1.45 bits per heavy atom. The van der Waals surface area contributed by atoms with Crippen LogP contribution < -0.4 is 10.6 Å². The summed E-state index contributed by atoms with van der Waals surface area (Å²) in [5.41, 5.74) is -0.662. The Morgan fingerprint density at radius 3 is 2.80 bits per heavy atom. The van der Waals surface area contributed by atoms with Crippen LogP contribution in [0.25, 0.3) is 0 Å². The lowest BCUT2D eigenvalue weighted by Crippen LogP contribution is -2.54. The van der Waals surface area contributed by atoms with Gasteiger partial charge in [-0.1, -0.05) is 0 Å². The molecule has 1 aliphatic heterocycles. The number of piperidine rings is 1. The molecule has 1 aromatic heterocycles. The molecular formula is C13H20N4O3. The van der Waals surface area contributed by atoms with E-state index in [0.29, 0.717) is 12.8 Å². The first-order valence-electron chi connectivity index (χ1n) is 6.75. The Bertz CT molecular complexity index is 452. The first-order valence-corrected chi connectivity index (χ1v) is 6.75. The van der Waals surface area contributed by atoms with Crippen molar-refractivity contribution in [2.45, 2.75) is 24.8 Å². The van der Waals surface area contributed by atoms with Gasteiger partial charge in [-0.05, 0) is 32.0 Å². The Balaban J connectivity index is 2.03. The minimum absolute atomic E-state index is 0.0911. The standard InChI is InChI=1S/C13H20N4O3/c1-20-11(18)3-7-15-12(19)13(4-8-14-9-5-13)17-10-2-6-16-17/h2,6,10,14H,3-5,7-9H2,1H3,(H,15,19). The summed E-state index contributed by atoms with van der Waals surface area (Å²) in [5.74, 6) is -0.421. The molecule has 1 saturated heterocycles. The van der Waals surface area contributed by atoms with Crippen molar-refractivity contribution < 1.29 is 14.3 Å². The summed E-state index contributed by atoms with van der Waals surface area (Å²) in [6.45, 7) is 1.82. The Hall–Kier alpha value is -1.89. The fraction of sp³-hybridized carbons (Fsp3) is 0.615. The fourth-order valence-corrected chi connectivity index (χ4v) is 2.47. The molecule has 2 rings (SSSR count). The summed E-state index contributed by atoms with van der Waals surface area (Å²) in [7, 11) is 1.34. The summed E-state index contributed by atoms with van der Waals surface area (Å²) in [4.78, 5) is 23.6. The molecular weight excluding hydrogens is 260 g/mol. The molecule has 7 nitrogen and oxygen atoms in total. The number of hydrogen-bond acceptors (Lipinski definition) is 5. The maximum atomic E-state index is 12.5. The van der Waals surface area contributed by atoms with Crippen LogP contribution in [0.1, 0.15) is 19.3 Å². The van der Waals surface area contributed by atoms with Crippen LogP contribution in [0.3, 0.4) is 0 Å². The zero-order valence-corrected chi connectivity index (χ0v) is 11.6. The number of esters is 1. The average molecular weight is 280 g/mol. The first-order chi connectivity index (χ1) is 9.69. The van der Waals surface area contributed by atoms with Gasteiger partial charge in [-0.2, -0.15) is 5.10 Å². The van der Waals surface area contributed by atoms with Crippen LogP contribution in [0, 0.1) is 0 Å². The molecule has 20 heavy (non-hydrogen) atoms. The number of aromatic nitrogens is 2. The highest BCUT2D eigenvalue weighted by Gasteiger charge is 2.41. The summed E-state index contributed by atoms with van der Waals surface area (Å²) in [6.07, 6.45) is 5.02. The third kappa shape index (κ3) is 2.98. The minimum atomic E-state index is -0.662. The summed E-state index contributed by atoms with van der Waals surface area (Å²) < 4.78 is 6.28. The van der Waals surface area contributed by atoms with Gasteiger partial charge in [-0.25, -0.2) is 0 Å². The number of nitrogens with one attached hydrogen (secondary N) is 2. The van der Waals surface area contributed by atoms with E-state index in [0.717, 1.165) is 13.1 Å². The van der Waals surface area contributed by atoms with Crippen LogP contribution >= 0.6 is 0 Å². The average Bonchev–Trinajstić information content (AvgIpc) is 3.02. The van der Waals surface area contributed by atoms with Gasteiger partial charge in [0.25, 0.3) is 0 Å². The van der Waals surface area contributed by atoms with Crippen LogP contribution in [0.15, 0.2) is 18.5 Å². The SMILES string of the molecule is COC(=O)CCNC(=O)C1(n2cccn2)CCNCC1. The lowest BCUT2D eigenvalue weighted by atomic mass is 9.87. The fourth-order valence-electron chi connectivity index (χ4n) is 2.47. The molecule has 0 saturated carbocycles. The number of carbonyl (C=O) groups is 2. The predicted molar refractivity (Wildman–Crippen MR) is 71.9 cm³/mol. The summed E-state index contributed by atoms with van der Waals surface area (Å²) in [6, 6.07) is 1.81. The lowest BCUT2D eigenvalue weighted by Gasteiger charge is -2.36. The van der Waals surface area contributed by atoms with Crippen LogP contribution in [0.5, 0.6) is 0 Å². The molecule has 1 aromatic rings. The Morgan fingerprint density at radius 2 is 2.20 bits per heavy atom. The van der Waals surface area contributed by atoms with E-state index in [1.54, 1.807) is 10.9 Å². The normalized spacial score (nSPS) is 17.4. The molecule has 2 N–H and O–H groups in total. The third-order valence-electron chi connectivity index (χ3n) is 3.64.